The zero-order chi connectivity index (χ0) is 9.38. The number of allylic oxidation sites excluding steroid dienone is 2. The lowest BCUT2D eigenvalue weighted by Gasteiger charge is -2.27. The highest BCUT2D eigenvalue weighted by Crippen LogP contribution is 2.27. The van der Waals surface area contributed by atoms with Gasteiger partial charge in [0.15, 0.2) is 0 Å². The second-order valence-corrected chi connectivity index (χ2v) is 3.27. The van der Waals surface area contributed by atoms with E-state index in [0.29, 0.717) is 0 Å². The van der Waals surface area contributed by atoms with E-state index >= 15 is 0 Å². The van der Waals surface area contributed by atoms with Crippen LogP contribution in [0.25, 0.3) is 0 Å². The molecule has 0 radical (unpaired) electrons. The normalized spacial score (nSPS) is 17.4. The molecule has 0 N–H and O–H groups in total. The van der Waals surface area contributed by atoms with Crippen LogP contribution in [0, 0.1) is 0 Å². The lowest BCUT2D eigenvalue weighted by molar-refractivity contribution is 1.03. The first-order valence-corrected chi connectivity index (χ1v) is 4.58. The van der Waals surface area contributed by atoms with Gasteiger partial charge in [-0.3, -0.25) is 9.89 Å². The van der Waals surface area contributed by atoms with Crippen LogP contribution in [0.2, 0.25) is 0 Å². The van der Waals surface area contributed by atoms with Crippen molar-refractivity contribution < 1.29 is 0 Å². The summed E-state index contributed by atoms with van der Waals surface area (Å²) >= 11 is 0. The Hall–Kier alpha value is -1.90. The minimum atomic E-state index is 0.939. The van der Waals surface area contributed by atoms with E-state index in [1.807, 2.05) is 24.7 Å². The Balaban J connectivity index is 2.15. The van der Waals surface area contributed by atoms with Crippen LogP contribution in [0.4, 0.5) is 5.82 Å². The highest BCUT2D eigenvalue weighted by molar-refractivity contribution is 5.88. The molecule has 3 nitrogen and oxygen atoms in total. The number of pyridine rings is 1. The van der Waals surface area contributed by atoms with Gasteiger partial charge in [0.2, 0.25) is 0 Å². The molecule has 1 aromatic rings. The molecule has 3 rings (SSSR count). The van der Waals surface area contributed by atoms with E-state index in [1.165, 1.54) is 5.56 Å². The van der Waals surface area contributed by atoms with E-state index in [2.05, 4.69) is 27.0 Å². The third kappa shape index (κ3) is 0.988. The Labute approximate surface area is 82.1 Å². The predicted molar refractivity (Wildman–Crippen MR) is 56.1 cm³/mol. The average molecular weight is 183 g/mol. The van der Waals surface area contributed by atoms with Gasteiger partial charge in [-0.2, -0.15) is 0 Å². The van der Waals surface area contributed by atoms with Gasteiger partial charge in [0.05, 0.1) is 11.9 Å². The van der Waals surface area contributed by atoms with Crippen LogP contribution in [0.1, 0.15) is 5.56 Å². The van der Waals surface area contributed by atoms with Gasteiger partial charge in [0.25, 0.3) is 0 Å². The van der Waals surface area contributed by atoms with Crippen molar-refractivity contribution in [1.82, 2.24) is 4.98 Å². The number of anilines is 1. The first-order valence-electron chi connectivity index (χ1n) is 4.58. The van der Waals surface area contributed by atoms with Crippen molar-refractivity contribution in [3.63, 3.8) is 0 Å². The third-order valence-electron chi connectivity index (χ3n) is 2.41. The second kappa shape index (κ2) is 2.80. The summed E-state index contributed by atoms with van der Waals surface area (Å²) in [5.74, 6) is 1.02. The fraction of sp³-hybridized carbons (Fsp3) is 0.0909. The van der Waals surface area contributed by atoms with E-state index in [9.17, 15) is 0 Å². The van der Waals surface area contributed by atoms with Gasteiger partial charge in [-0.15, -0.1) is 0 Å². The molecule has 0 fully saturated rings. The monoisotopic (exact) mass is 183 g/mol. The highest BCUT2D eigenvalue weighted by atomic mass is 15.2. The number of hydrogen-bond donors (Lipinski definition) is 0. The van der Waals surface area contributed by atoms with Crippen molar-refractivity contribution >= 4 is 12.0 Å². The molecule has 0 aromatic carbocycles. The number of aromatic nitrogens is 1. The van der Waals surface area contributed by atoms with Crippen LogP contribution in [0.15, 0.2) is 47.5 Å². The van der Waals surface area contributed by atoms with Gasteiger partial charge in [0.1, 0.15) is 5.82 Å². The average Bonchev–Trinajstić information content (AvgIpc) is 2.29. The van der Waals surface area contributed by atoms with E-state index in [-0.39, 0.29) is 0 Å². The molecule has 3 heterocycles. The predicted octanol–water partition coefficient (Wildman–Crippen LogP) is 1.88. The summed E-state index contributed by atoms with van der Waals surface area (Å²) in [5.41, 5.74) is 2.37. The zero-order valence-electron chi connectivity index (χ0n) is 7.59. The van der Waals surface area contributed by atoms with Crippen molar-refractivity contribution in [2.24, 2.45) is 4.99 Å². The highest BCUT2D eigenvalue weighted by Gasteiger charge is 2.18. The molecule has 14 heavy (non-hydrogen) atoms. The standard InChI is InChI=1S/C11H9N3/c1-2-9-3-4-10-8-12-6-7-14(10)11(9)13-5-1/h1-2,4-8H,3H2. The summed E-state index contributed by atoms with van der Waals surface area (Å²) in [6.07, 6.45) is 10.5. The van der Waals surface area contributed by atoms with Gasteiger partial charge in [0, 0.05) is 18.6 Å². The molecule has 0 spiro atoms. The van der Waals surface area contributed by atoms with Crippen molar-refractivity contribution in [2.75, 3.05) is 4.90 Å². The maximum absolute atomic E-state index is 4.38. The third-order valence-corrected chi connectivity index (χ3v) is 2.41. The molecule has 0 atom stereocenters. The lowest BCUT2D eigenvalue weighted by Crippen LogP contribution is -2.23. The first kappa shape index (κ1) is 7.50. The summed E-state index contributed by atoms with van der Waals surface area (Å²) < 4.78 is 0. The van der Waals surface area contributed by atoms with Crippen LogP contribution in [0.3, 0.4) is 0 Å². The summed E-state index contributed by atoms with van der Waals surface area (Å²) in [5, 5.41) is 0. The molecule has 2 aliphatic heterocycles. The van der Waals surface area contributed by atoms with E-state index < -0.39 is 0 Å². The number of fused-ring (bicyclic) bond motifs is 3. The number of nitrogens with zero attached hydrogens (tertiary/aromatic N) is 3. The molecule has 0 amide bonds. The Kier molecular flexibility index (Phi) is 1.50. The first-order chi connectivity index (χ1) is 6.95. The Morgan fingerprint density at radius 2 is 2.36 bits per heavy atom. The van der Waals surface area contributed by atoms with E-state index in [4.69, 9.17) is 0 Å². The van der Waals surface area contributed by atoms with Crippen molar-refractivity contribution in [2.45, 2.75) is 6.42 Å². The lowest BCUT2D eigenvalue weighted by atomic mass is 10.1. The molecule has 0 saturated heterocycles. The van der Waals surface area contributed by atoms with Gasteiger partial charge in [-0.25, -0.2) is 4.98 Å². The fourth-order valence-corrected chi connectivity index (χ4v) is 1.74. The van der Waals surface area contributed by atoms with E-state index in [1.54, 1.807) is 6.20 Å². The summed E-state index contributed by atoms with van der Waals surface area (Å²) in [7, 11) is 0. The quantitative estimate of drug-likeness (QED) is 0.614. The Morgan fingerprint density at radius 3 is 3.36 bits per heavy atom. The number of rotatable bonds is 0. The molecule has 2 aliphatic rings. The smallest absolute Gasteiger partial charge is 0.140 e. The minimum Gasteiger partial charge on any atom is -0.299 e. The second-order valence-electron chi connectivity index (χ2n) is 3.27. The van der Waals surface area contributed by atoms with Crippen LogP contribution in [-0.2, 0) is 6.42 Å². The van der Waals surface area contributed by atoms with Crippen LogP contribution >= 0.6 is 0 Å². The van der Waals surface area contributed by atoms with E-state index in [0.717, 1.165) is 17.9 Å². The van der Waals surface area contributed by atoms with Gasteiger partial charge in [-0.05, 0) is 18.1 Å². The van der Waals surface area contributed by atoms with Crippen molar-refractivity contribution in [3.05, 3.63) is 48.1 Å². The number of hydrogen-bond acceptors (Lipinski definition) is 3. The molecular weight excluding hydrogens is 174 g/mol. The van der Waals surface area contributed by atoms with Gasteiger partial charge < -0.3 is 0 Å². The fourth-order valence-electron chi connectivity index (χ4n) is 1.74. The van der Waals surface area contributed by atoms with Crippen LogP contribution < -0.4 is 4.90 Å². The molecule has 68 valence electrons. The molecule has 0 saturated carbocycles. The van der Waals surface area contributed by atoms with Crippen molar-refractivity contribution in [3.8, 4) is 0 Å². The molecule has 0 bridgehead atoms. The Bertz CT molecular complexity index is 457. The maximum atomic E-state index is 4.38. The topological polar surface area (TPSA) is 28.5 Å². The number of aliphatic imine (C=N–C) groups is 1. The molecule has 0 unspecified atom stereocenters. The summed E-state index contributed by atoms with van der Waals surface area (Å²) in [4.78, 5) is 10.5. The maximum Gasteiger partial charge on any atom is 0.140 e. The van der Waals surface area contributed by atoms with Gasteiger partial charge >= 0.3 is 0 Å². The minimum absolute atomic E-state index is 0.939. The largest absolute Gasteiger partial charge is 0.299 e. The van der Waals surface area contributed by atoms with Crippen LogP contribution in [0.5, 0.6) is 0 Å². The summed E-state index contributed by atoms with van der Waals surface area (Å²) in [6, 6.07) is 4.08. The SMILES string of the molecule is C1=CN2C(=CCc3cccnc32)C=N1. The summed E-state index contributed by atoms with van der Waals surface area (Å²) in [6.45, 7) is 0. The zero-order valence-corrected chi connectivity index (χ0v) is 7.59. The molecular formula is C11H9N3. The van der Waals surface area contributed by atoms with Gasteiger partial charge in [-0.1, -0.05) is 12.1 Å². The molecule has 3 heteroatoms. The van der Waals surface area contributed by atoms with Crippen LogP contribution in [-0.4, -0.2) is 11.2 Å². The van der Waals surface area contributed by atoms with Crippen molar-refractivity contribution in [1.29, 1.82) is 0 Å². The molecule has 1 aromatic heterocycles. The molecule has 0 aliphatic carbocycles. The Morgan fingerprint density at radius 1 is 1.36 bits per heavy atom.